The van der Waals surface area contributed by atoms with E-state index in [0.717, 1.165) is 5.56 Å². The molecule has 0 spiro atoms. The lowest BCUT2D eigenvalue weighted by Crippen LogP contribution is -2.20. The average molecular weight is 206 g/mol. The summed E-state index contributed by atoms with van der Waals surface area (Å²) in [4.78, 5) is 21.4. The Balaban J connectivity index is 3.07. The Morgan fingerprint density at radius 1 is 1.13 bits per heavy atom. The molecule has 4 nitrogen and oxygen atoms in total. The lowest BCUT2D eigenvalue weighted by molar-refractivity contribution is -0.150. The minimum atomic E-state index is -1.51. The van der Waals surface area contributed by atoms with Gasteiger partial charge in [0, 0.05) is 0 Å². The molecule has 15 heavy (non-hydrogen) atoms. The van der Waals surface area contributed by atoms with Crippen LogP contribution in [-0.2, 0) is 9.59 Å². The molecule has 0 saturated carbocycles. The van der Waals surface area contributed by atoms with Crippen LogP contribution in [0.1, 0.15) is 17.0 Å². The summed E-state index contributed by atoms with van der Waals surface area (Å²) < 4.78 is 0. The lowest BCUT2D eigenvalue weighted by Gasteiger charge is -2.07. The summed E-state index contributed by atoms with van der Waals surface area (Å²) in [6, 6.07) is 6.20. The molecule has 1 rings (SSSR count). The van der Waals surface area contributed by atoms with Crippen LogP contribution in [0.15, 0.2) is 30.8 Å². The van der Waals surface area contributed by atoms with Gasteiger partial charge in [0.25, 0.3) is 0 Å². The Labute approximate surface area is 86.5 Å². The number of carbonyl (C=O) groups is 2. The third kappa shape index (κ3) is 2.43. The molecular weight excluding hydrogens is 196 g/mol. The Kier molecular flexibility index (Phi) is 3.23. The van der Waals surface area contributed by atoms with Crippen molar-refractivity contribution in [3.8, 4) is 0 Å². The summed E-state index contributed by atoms with van der Waals surface area (Å²) in [5, 5.41) is 17.4. The summed E-state index contributed by atoms with van der Waals surface area (Å²) in [6.07, 6.45) is 1.60. The first kappa shape index (κ1) is 11.0. The summed E-state index contributed by atoms with van der Waals surface area (Å²) in [6.45, 7) is 3.54. The highest BCUT2D eigenvalue weighted by Crippen LogP contribution is 2.17. The predicted molar refractivity (Wildman–Crippen MR) is 54.5 cm³/mol. The van der Waals surface area contributed by atoms with Crippen molar-refractivity contribution in [2.45, 2.75) is 5.92 Å². The number of hydrogen-bond acceptors (Lipinski definition) is 2. The smallest absolute Gasteiger partial charge is 0.322 e. The molecule has 0 aliphatic heterocycles. The fourth-order valence-electron chi connectivity index (χ4n) is 1.22. The van der Waals surface area contributed by atoms with Crippen LogP contribution in [0.2, 0.25) is 0 Å². The fraction of sp³-hybridized carbons (Fsp3) is 0.0909. The summed E-state index contributed by atoms with van der Waals surface area (Å²) in [7, 11) is 0. The minimum Gasteiger partial charge on any atom is -0.480 e. The molecular formula is C11H10O4. The topological polar surface area (TPSA) is 74.6 Å². The van der Waals surface area contributed by atoms with Gasteiger partial charge in [0.2, 0.25) is 0 Å². The fourth-order valence-corrected chi connectivity index (χ4v) is 1.22. The maximum Gasteiger partial charge on any atom is 0.322 e. The molecule has 0 aliphatic carbocycles. The molecule has 0 unspecified atom stereocenters. The summed E-state index contributed by atoms with van der Waals surface area (Å²) in [5.74, 6) is -4.24. The SMILES string of the molecule is C=Cc1ccc(C(C(=O)O)C(=O)O)cc1. The largest absolute Gasteiger partial charge is 0.480 e. The van der Waals surface area contributed by atoms with Gasteiger partial charge in [0.05, 0.1) is 0 Å². The van der Waals surface area contributed by atoms with Crippen LogP contribution in [-0.4, -0.2) is 22.2 Å². The molecule has 4 heteroatoms. The molecule has 1 aromatic rings. The van der Waals surface area contributed by atoms with Gasteiger partial charge in [-0.1, -0.05) is 36.9 Å². The van der Waals surface area contributed by atoms with E-state index in [4.69, 9.17) is 10.2 Å². The summed E-state index contributed by atoms with van der Waals surface area (Å²) in [5.41, 5.74) is 1.06. The first-order valence-electron chi connectivity index (χ1n) is 4.24. The highest BCUT2D eigenvalue weighted by Gasteiger charge is 2.27. The van der Waals surface area contributed by atoms with Gasteiger partial charge in [0.1, 0.15) is 0 Å². The molecule has 2 N–H and O–H groups in total. The minimum absolute atomic E-state index is 0.251. The molecule has 1 aromatic carbocycles. The third-order valence-corrected chi connectivity index (χ3v) is 2.00. The van der Waals surface area contributed by atoms with Crippen molar-refractivity contribution in [2.75, 3.05) is 0 Å². The zero-order valence-electron chi connectivity index (χ0n) is 7.88. The van der Waals surface area contributed by atoms with Gasteiger partial charge in [-0.2, -0.15) is 0 Å². The van der Waals surface area contributed by atoms with E-state index in [1.165, 1.54) is 12.1 Å². The van der Waals surface area contributed by atoms with E-state index in [9.17, 15) is 9.59 Å². The second kappa shape index (κ2) is 4.41. The van der Waals surface area contributed by atoms with Crippen LogP contribution in [0.4, 0.5) is 0 Å². The van der Waals surface area contributed by atoms with Crippen molar-refractivity contribution in [3.63, 3.8) is 0 Å². The number of carboxylic acids is 2. The monoisotopic (exact) mass is 206 g/mol. The van der Waals surface area contributed by atoms with Crippen molar-refractivity contribution in [1.82, 2.24) is 0 Å². The van der Waals surface area contributed by atoms with E-state index in [2.05, 4.69) is 6.58 Å². The zero-order valence-corrected chi connectivity index (χ0v) is 7.88. The van der Waals surface area contributed by atoms with Crippen molar-refractivity contribution in [3.05, 3.63) is 42.0 Å². The summed E-state index contributed by atoms with van der Waals surface area (Å²) >= 11 is 0. The first-order valence-corrected chi connectivity index (χ1v) is 4.24. The molecule has 0 radical (unpaired) electrons. The van der Waals surface area contributed by atoms with Crippen molar-refractivity contribution in [1.29, 1.82) is 0 Å². The van der Waals surface area contributed by atoms with E-state index in [-0.39, 0.29) is 5.56 Å². The Hall–Kier alpha value is -2.10. The highest BCUT2D eigenvalue weighted by atomic mass is 16.4. The number of aliphatic carboxylic acids is 2. The molecule has 0 saturated heterocycles. The molecule has 0 aromatic heterocycles. The maximum atomic E-state index is 10.7. The Bertz CT molecular complexity index is 378. The van der Waals surface area contributed by atoms with E-state index in [1.807, 2.05) is 0 Å². The van der Waals surface area contributed by atoms with Gasteiger partial charge in [-0.25, -0.2) is 0 Å². The van der Waals surface area contributed by atoms with Crippen LogP contribution < -0.4 is 0 Å². The molecule has 0 atom stereocenters. The number of carboxylic acid groups (broad SMARTS) is 2. The Morgan fingerprint density at radius 2 is 1.60 bits per heavy atom. The number of benzene rings is 1. The zero-order chi connectivity index (χ0) is 11.4. The van der Waals surface area contributed by atoms with E-state index in [0.29, 0.717) is 0 Å². The Morgan fingerprint density at radius 3 is 1.93 bits per heavy atom. The van der Waals surface area contributed by atoms with Gasteiger partial charge in [-0.05, 0) is 11.1 Å². The van der Waals surface area contributed by atoms with Crippen LogP contribution >= 0.6 is 0 Å². The second-order valence-corrected chi connectivity index (χ2v) is 2.98. The maximum absolute atomic E-state index is 10.7. The van der Waals surface area contributed by atoms with E-state index >= 15 is 0 Å². The second-order valence-electron chi connectivity index (χ2n) is 2.98. The molecule has 0 amide bonds. The van der Waals surface area contributed by atoms with Crippen LogP contribution in [0.3, 0.4) is 0 Å². The van der Waals surface area contributed by atoms with Crippen LogP contribution in [0, 0.1) is 0 Å². The van der Waals surface area contributed by atoms with Gasteiger partial charge >= 0.3 is 11.9 Å². The van der Waals surface area contributed by atoms with Crippen molar-refractivity contribution < 1.29 is 19.8 Å². The van der Waals surface area contributed by atoms with Crippen molar-refractivity contribution in [2.24, 2.45) is 0 Å². The normalized spacial score (nSPS) is 9.93. The number of hydrogen-bond donors (Lipinski definition) is 2. The van der Waals surface area contributed by atoms with Crippen molar-refractivity contribution >= 4 is 18.0 Å². The molecule has 0 aliphatic rings. The number of rotatable bonds is 4. The average Bonchev–Trinajstić information content (AvgIpc) is 2.18. The highest BCUT2D eigenvalue weighted by molar-refractivity contribution is 5.99. The van der Waals surface area contributed by atoms with Gasteiger partial charge < -0.3 is 10.2 Å². The van der Waals surface area contributed by atoms with Crippen LogP contribution in [0.25, 0.3) is 6.08 Å². The molecule has 0 bridgehead atoms. The molecule has 0 fully saturated rings. The van der Waals surface area contributed by atoms with Gasteiger partial charge in [-0.3, -0.25) is 9.59 Å². The third-order valence-electron chi connectivity index (χ3n) is 2.00. The van der Waals surface area contributed by atoms with Gasteiger partial charge in [-0.15, -0.1) is 0 Å². The standard InChI is InChI=1S/C11H10O4/c1-2-7-3-5-8(6-4-7)9(10(12)13)11(14)15/h2-6,9H,1H2,(H,12,13)(H,14,15). The molecule has 78 valence electrons. The first-order chi connectivity index (χ1) is 7.06. The van der Waals surface area contributed by atoms with Gasteiger partial charge in [0.15, 0.2) is 5.92 Å². The molecule has 0 heterocycles. The van der Waals surface area contributed by atoms with Crippen LogP contribution in [0.5, 0.6) is 0 Å². The predicted octanol–water partition coefficient (Wildman–Crippen LogP) is 1.58. The van der Waals surface area contributed by atoms with E-state index < -0.39 is 17.9 Å². The lowest BCUT2D eigenvalue weighted by atomic mass is 9.98. The quantitative estimate of drug-likeness (QED) is 0.733. The van der Waals surface area contributed by atoms with E-state index in [1.54, 1.807) is 18.2 Å².